The first kappa shape index (κ1) is 91.7. The first-order valence-electron chi connectivity index (χ1n) is 41.0. The Labute approximate surface area is 722 Å². The Morgan fingerprint density at radius 1 is 0.479 bits per heavy atom. The molecule has 2 saturated heterocycles. The molecule has 6 heterocycles. The number of carbonyl (C=O) groups excluding carboxylic acids is 1. The molecule has 27 nitrogen and oxygen atoms in total. The molecule has 1 aliphatic carbocycles. The van der Waals surface area contributed by atoms with Crippen LogP contribution in [0.3, 0.4) is 0 Å². The van der Waals surface area contributed by atoms with E-state index >= 15 is 0 Å². The third-order valence-corrected chi connectivity index (χ3v) is 28.5. The van der Waals surface area contributed by atoms with E-state index in [1.807, 2.05) is 73.1 Å². The molecule has 7 N–H and O–H groups in total. The predicted octanol–water partition coefficient (Wildman–Crippen LogP) is 18.6. The Kier molecular flexibility index (Phi) is 30.5. The summed E-state index contributed by atoms with van der Waals surface area (Å²) in [6, 6.07) is 32.8. The van der Waals surface area contributed by atoms with Crippen LogP contribution in [-0.2, 0) is 36.6 Å². The fourth-order valence-corrected chi connectivity index (χ4v) is 18.4. The molecule has 4 aromatic heterocycles. The summed E-state index contributed by atoms with van der Waals surface area (Å²) in [5.74, 6) is 4.36. The first-order chi connectivity index (χ1) is 57.4. The van der Waals surface area contributed by atoms with Crippen LogP contribution in [0, 0.1) is 27.7 Å². The van der Waals surface area contributed by atoms with Crippen LogP contribution in [0.5, 0.6) is 17.2 Å². The summed E-state index contributed by atoms with van der Waals surface area (Å²) in [4.78, 5) is 44.8. The van der Waals surface area contributed by atoms with Crippen LogP contribution >= 0.6 is 23.2 Å². The number of ketones is 1. The number of aryl methyl sites for hydroxylation is 5. The van der Waals surface area contributed by atoms with Crippen LogP contribution in [-0.4, -0.2) is 167 Å². The molecule has 646 valence electrons. The molecule has 32 heteroatoms. The Morgan fingerprint density at radius 3 is 1.38 bits per heavy atom. The SMILES string of the molecule is CC(=O)c1cc(Nc2ncc(Cl)c(Nc3ccccc3S(=O)(=O)C(C)C)n2)c(OC(C)C)cc1C.Cc1cc(Nc2ncc(Cl)c(Nc3ccccc3S(=O)(=O)C(C)C)n2)c(OC(C)C)cc1C1CCC(N2CCN(C)CC2)CC1.Cc1cc(OC2CCNCC2)c(Nc2ncc(C)c(Nc3ccccc3S(=O)(=O)C(C)C)n2)cc1-c1cnn(C)c1. The highest BCUT2D eigenvalue weighted by Gasteiger charge is 2.32. The molecule has 121 heavy (non-hydrogen) atoms. The van der Waals surface area contributed by atoms with Gasteiger partial charge in [0.05, 0.1) is 95.4 Å². The molecule has 0 bridgehead atoms. The third-order valence-electron chi connectivity index (χ3n) is 21.3. The molecule has 0 radical (unpaired) electrons. The lowest BCUT2D eigenvalue weighted by molar-refractivity contribution is 0.0878. The molecular formula is C89H113Cl2N17O10S3. The number of para-hydroxylation sites is 3. The van der Waals surface area contributed by atoms with E-state index in [0.29, 0.717) is 69.6 Å². The van der Waals surface area contributed by atoms with Crippen molar-refractivity contribution in [2.75, 3.05) is 78.2 Å². The van der Waals surface area contributed by atoms with Gasteiger partial charge in [0.2, 0.25) is 17.8 Å². The minimum absolute atomic E-state index is 0.0168. The number of rotatable bonds is 28. The van der Waals surface area contributed by atoms with Gasteiger partial charge in [0.15, 0.2) is 46.9 Å². The Bertz CT molecular complexity index is 5680. The number of halogens is 2. The maximum atomic E-state index is 13.0. The summed E-state index contributed by atoms with van der Waals surface area (Å²) >= 11 is 12.8. The van der Waals surface area contributed by atoms with E-state index in [2.05, 4.69) is 110 Å². The van der Waals surface area contributed by atoms with Gasteiger partial charge in [0, 0.05) is 68.4 Å². The summed E-state index contributed by atoms with van der Waals surface area (Å²) in [6.45, 7) is 33.7. The smallest absolute Gasteiger partial charge is 0.229 e. The van der Waals surface area contributed by atoms with Gasteiger partial charge in [-0.3, -0.25) is 14.4 Å². The number of nitrogens with one attached hydrogen (secondary N) is 7. The summed E-state index contributed by atoms with van der Waals surface area (Å²) in [5.41, 5.74) is 11.0. The maximum Gasteiger partial charge on any atom is 0.229 e. The van der Waals surface area contributed by atoms with Crippen LogP contribution in [0.25, 0.3) is 11.1 Å². The van der Waals surface area contributed by atoms with Gasteiger partial charge in [0.25, 0.3) is 0 Å². The highest BCUT2D eigenvalue weighted by molar-refractivity contribution is 7.92. The number of hydrogen-bond acceptors (Lipinski definition) is 26. The van der Waals surface area contributed by atoms with Gasteiger partial charge in [0.1, 0.15) is 39.2 Å². The number of piperazine rings is 1. The van der Waals surface area contributed by atoms with Gasteiger partial charge in [-0.2, -0.15) is 20.1 Å². The van der Waals surface area contributed by atoms with Gasteiger partial charge >= 0.3 is 0 Å². The fraction of sp³-hybridized carbons (Fsp3) is 0.416. The van der Waals surface area contributed by atoms with Gasteiger partial charge in [-0.1, -0.05) is 59.6 Å². The second-order valence-corrected chi connectivity index (χ2v) is 40.5. The second-order valence-electron chi connectivity index (χ2n) is 32.3. The number of piperidine rings is 1. The lowest BCUT2D eigenvalue weighted by Gasteiger charge is -2.41. The van der Waals surface area contributed by atoms with Crippen LogP contribution in [0.15, 0.2) is 155 Å². The van der Waals surface area contributed by atoms with Gasteiger partial charge < -0.3 is 56.3 Å². The molecule has 0 amide bonds. The molecule has 0 unspecified atom stereocenters. The Hall–Kier alpha value is -10.1. The number of nitrogens with zero attached hydrogens (tertiary/aromatic N) is 10. The number of ether oxygens (including phenoxy) is 3. The molecule has 13 rings (SSSR count). The van der Waals surface area contributed by atoms with Crippen LogP contribution < -0.4 is 51.4 Å². The minimum Gasteiger partial charge on any atom is -0.489 e. The second kappa shape index (κ2) is 40.3. The van der Waals surface area contributed by atoms with Crippen molar-refractivity contribution in [1.29, 1.82) is 0 Å². The zero-order valence-corrected chi connectivity index (χ0v) is 75.9. The molecule has 2 aliphatic heterocycles. The molecular weight excluding hydrogens is 1630 g/mol. The van der Waals surface area contributed by atoms with E-state index in [-0.39, 0.29) is 60.6 Å². The minimum atomic E-state index is -3.55. The van der Waals surface area contributed by atoms with E-state index < -0.39 is 45.3 Å². The van der Waals surface area contributed by atoms with Crippen molar-refractivity contribution < 1.29 is 44.3 Å². The Balaban J connectivity index is 0.000000179. The van der Waals surface area contributed by atoms with Crippen molar-refractivity contribution in [3.05, 3.63) is 184 Å². The molecule has 3 aliphatic rings. The van der Waals surface area contributed by atoms with Gasteiger partial charge in [-0.05, 0) is 269 Å². The fourth-order valence-electron chi connectivity index (χ4n) is 14.5. The van der Waals surface area contributed by atoms with Crippen molar-refractivity contribution in [3.8, 4) is 28.4 Å². The van der Waals surface area contributed by atoms with Gasteiger partial charge in [-0.25, -0.2) is 40.2 Å². The highest BCUT2D eigenvalue weighted by atomic mass is 35.5. The zero-order valence-electron chi connectivity index (χ0n) is 71.9. The summed E-state index contributed by atoms with van der Waals surface area (Å²) < 4.78 is 98.2. The van der Waals surface area contributed by atoms with E-state index in [0.717, 1.165) is 89.7 Å². The largest absolute Gasteiger partial charge is 0.489 e. The normalized spacial score (nSPS) is 15.6. The van der Waals surface area contributed by atoms with Crippen molar-refractivity contribution in [3.63, 3.8) is 0 Å². The van der Waals surface area contributed by atoms with Crippen molar-refractivity contribution in [1.82, 2.24) is 54.8 Å². The van der Waals surface area contributed by atoms with E-state index in [1.54, 1.807) is 131 Å². The number of Topliss-reactive ketones (excluding diaryl/α,β-unsaturated/α-hetero) is 1. The number of benzene rings is 6. The van der Waals surface area contributed by atoms with E-state index in [9.17, 15) is 30.0 Å². The van der Waals surface area contributed by atoms with E-state index in [4.69, 9.17) is 42.4 Å². The van der Waals surface area contributed by atoms with Crippen LogP contribution in [0.2, 0.25) is 10.0 Å². The van der Waals surface area contributed by atoms with E-state index in [1.165, 1.54) is 75.3 Å². The summed E-state index contributed by atoms with van der Waals surface area (Å²) in [7, 11) is -6.47. The summed E-state index contributed by atoms with van der Waals surface area (Å²) in [6.07, 6.45) is 15.1. The number of hydrogen-bond donors (Lipinski definition) is 7. The standard InChI is InChI=1S/C34H47ClN6O3S.C30H37N7O3S.C25H29ClN4O4S/c1-22(2)44-31-20-27(25-11-13-26(14-12-25)41-17-15-40(6)16-18-41)24(5)19-30(31)38-34-36-21-28(35)33(39-34)37-29-9-7-8-10-32(29)45(42,43)23(3)4;1-19(2)41(38,39)28-9-7-6-8-25(28)34-29-21(4)16-32-30(36-29)35-26-15-24(22-17-33-37(5)18-22)20(3)14-27(26)40-23-10-12-31-13-11-23;1-14(2)34-22-11-16(5)18(17(6)31)12-21(22)29-25-27-13-19(26)24(30-25)28-20-9-7-8-10-23(20)35(32,33)15(3)4/h7-10,19-23,25-26H,11-18H2,1-6H3,(H2,36,37,38,39);6-9,14-19,23,31H,10-13H2,1-5H3,(H2,32,34,35,36);7-15H,1-6H3,(H2,27,28,29,30). The number of carbonyl (C=O) groups is 1. The lowest BCUT2D eigenvalue weighted by atomic mass is 9.79. The Morgan fingerprint density at radius 2 is 0.917 bits per heavy atom. The predicted molar refractivity (Wildman–Crippen MR) is 485 cm³/mol. The third kappa shape index (κ3) is 23.2. The van der Waals surface area contributed by atoms with Crippen LogP contribution in [0.4, 0.5) is 69.4 Å². The van der Waals surface area contributed by atoms with Crippen LogP contribution in [0.1, 0.15) is 159 Å². The monoisotopic (exact) mass is 1750 g/mol. The topological polar surface area (TPSA) is 333 Å². The summed E-state index contributed by atoms with van der Waals surface area (Å²) in [5, 5.41) is 25.7. The zero-order chi connectivity index (χ0) is 87.4. The molecule has 0 atom stereocenters. The molecule has 10 aromatic rings. The quantitative estimate of drug-likeness (QED) is 0.0224. The average molecular weight is 1750 g/mol. The number of sulfone groups is 3. The molecule has 1 saturated carbocycles. The lowest BCUT2D eigenvalue weighted by Crippen LogP contribution is -2.49. The molecule has 0 spiro atoms. The molecule has 6 aromatic carbocycles. The van der Waals surface area contributed by atoms with Crippen molar-refractivity contribution in [2.24, 2.45) is 7.05 Å². The average Bonchev–Trinajstić information content (AvgIpc) is 0.935. The van der Waals surface area contributed by atoms with Gasteiger partial charge in [-0.15, -0.1) is 0 Å². The highest BCUT2D eigenvalue weighted by Crippen LogP contribution is 2.44. The molecule has 3 fully saturated rings. The first-order valence-corrected chi connectivity index (χ1v) is 46.4. The number of likely N-dealkylation sites (N-methyl/N-ethyl adjacent to an activating group) is 1. The number of anilines is 12. The van der Waals surface area contributed by atoms with Crippen molar-refractivity contribution >= 4 is 128 Å². The van der Waals surface area contributed by atoms with Crippen molar-refractivity contribution in [2.45, 2.75) is 203 Å². The maximum absolute atomic E-state index is 13.0. The number of aromatic nitrogens is 8.